The molecule has 1 aliphatic rings. The summed E-state index contributed by atoms with van der Waals surface area (Å²) < 4.78 is 35.2. The Hall–Kier alpha value is -2.13. The molecule has 0 spiro atoms. The molecule has 106 valence electrons. The molecular formula is C12H12N3O4S-. The van der Waals surface area contributed by atoms with Crippen LogP contribution in [0.25, 0.3) is 9.69 Å². The van der Waals surface area contributed by atoms with Gasteiger partial charge in [-0.05, 0) is 26.0 Å². The van der Waals surface area contributed by atoms with Crippen molar-refractivity contribution in [2.75, 3.05) is 13.2 Å². The molecular weight excluding hydrogens is 282 g/mol. The maximum absolute atomic E-state index is 10.4. The minimum absolute atomic E-state index is 0.0262. The molecule has 0 saturated heterocycles. The summed E-state index contributed by atoms with van der Waals surface area (Å²) in [5.41, 5.74) is 1.98. The van der Waals surface area contributed by atoms with E-state index >= 15 is 0 Å². The zero-order valence-electron chi connectivity index (χ0n) is 11.0. The molecule has 0 radical (unpaired) electrons. The second kappa shape index (κ2) is 6.35. The molecule has 1 aliphatic heterocycles. The van der Waals surface area contributed by atoms with Gasteiger partial charge in [-0.15, -0.1) is 0 Å². The fourth-order valence-corrected chi connectivity index (χ4v) is 2.07. The number of rotatable bonds is 4. The molecule has 0 aromatic carbocycles. The lowest BCUT2D eigenvalue weighted by Crippen LogP contribution is -2.27. The third kappa shape index (κ3) is 4.21. The van der Waals surface area contributed by atoms with Crippen LogP contribution in [0.4, 0.5) is 0 Å². The molecule has 0 saturated carbocycles. The number of hydrogen-bond acceptors (Lipinski definition) is 5. The fraction of sp³-hybridized carbons (Fsp3) is 0.333. The van der Waals surface area contributed by atoms with Gasteiger partial charge in [-0.3, -0.25) is 4.18 Å². The summed E-state index contributed by atoms with van der Waals surface area (Å²) in [7, 11) is -4.70. The van der Waals surface area contributed by atoms with Crippen molar-refractivity contribution >= 4 is 10.4 Å². The van der Waals surface area contributed by atoms with Crippen LogP contribution in [-0.4, -0.2) is 31.0 Å². The first-order valence-corrected chi connectivity index (χ1v) is 6.85. The summed E-state index contributed by atoms with van der Waals surface area (Å²) in [4.78, 5) is 8.02. The second-order valence-corrected chi connectivity index (χ2v) is 5.01. The molecule has 0 unspecified atom stereocenters. The summed E-state index contributed by atoms with van der Waals surface area (Å²) in [5.74, 6) is -0.0262. The van der Waals surface area contributed by atoms with Crippen LogP contribution < -0.4 is 0 Å². The first kappa shape index (κ1) is 15.9. The van der Waals surface area contributed by atoms with Crippen LogP contribution in [-0.2, 0) is 14.6 Å². The van der Waals surface area contributed by atoms with Crippen molar-refractivity contribution in [2.24, 2.45) is 0 Å². The zero-order valence-corrected chi connectivity index (χ0v) is 11.8. The first-order valence-electron chi connectivity index (χ1n) is 5.52. The van der Waals surface area contributed by atoms with E-state index in [9.17, 15) is 13.0 Å². The molecule has 0 fully saturated rings. The summed E-state index contributed by atoms with van der Waals surface area (Å²) in [6.45, 7) is 17.3. The van der Waals surface area contributed by atoms with E-state index in [0.717, 1.165) is 11.4 Å². The zero-order chi connectivity index (χ0) is 15.3. The summed E-state index contributed by atoms with van der Waals surface area (Å²) in [6.07, 6.45) is 3.31. The maximum atomic E-state index is 10.4. The van der Waals surface area contributed by atoms with Gasteiger partial charge in [0.1, 0.15) is 13.1 Å². The normalized spacial score (nSPS) is 15.1. The lowest BCUT2D eigenvalue weighted by Gasteiger charge is -2.29. The minimum atomic E-state index is -4.70. The summed E-state index contributed by atoms with van der Waals surface area (Å²) in [6, 6.07) is 0. The highest BCUT2D eigenvalue weighted by Gasteiger charge is 2.19. The molecule has 0 atom stereocenters. The molecule has 8 heteroatoms. The lowest BCUT2D eigenvalue weighted by molar-refractivity contribution is 0.234. The van der Waals surface area contributed by atoms with Crippen LogP contribution in [0.2, 0.25) is 0 Å². The van der Waals surface area contributed by atoms with Gasteiger partial charge in [0.15, 0.2) is 0 Å². The van der Waals surface area contributed by atoms with E-state index < -0.39 is 10.4 Å². The highest BCUT2D eigenvalue weighted by Crippen LogP contribution is 2.25. The summed E-state index contributed by atoms with van der Waals surface area (Å²) in [5, 5.41) is 0. The van der Waals surface area contributed by atoms with E-state index in [0.29, 0.717) is 5.57 Å². The van der Waals surface area contributed by atoms with Gasteiger partial charge in [-0.25, -0.2) is 8.42 Å². The number of hydrogen-bond donors (Lipinski definition) is 0. The number of allylic oxidation sites excluding steroid dienone is 5. The average Bonchev–Trinajstić information content (AvgIpc) is 2.33. The predicted molar refractivity (Wildman–Crippen MR) is 70.1 cm³/mol. The van der Waals surface area contributed by atoms with E-state index in [-0.39, 0.29) is 19.0 Å². The second-order valence-electron chi connectivity index (χ2n) is 3.96. The van der Waals surface area contributed by atoms with Gasteiger partial charge in [0, 0.05) is 17.9 Å². The maximum Gasteiger partial charge on any atom is 0.526 e. The Morgan fingerprint density at radius 2 is 1.80 bits per heavy atom. The average molecular weight is 294 g/mol. The van der Waals surface area contributed by atoms with Crippen LogP contribution in [0.3, 0.4) is 0 Å². The van der Waals surface area contributed by atoms with E-state index in [1.54, 1.807) is 30.9 Å². The van der Waals surface area contributed by atoms with Crippen LogP contribution in [0.1, 0.15) is 13.8 Å². The van der Waals surface area contributed by atoms with Crippen LogP contribution in [0.15, 0.2) is 34.9 Å². The van der Waals surface area contributed by atoms with Crippen LogP contribution in [0, 0.1) is 13.1 Å². The number of nitrogens with zero attached hydrogens (tertiary/aromatic N) is 3. The SMILES string of the molecule is [C-]#[N+]C([N+]#[C-])=C1C=C(C)N(CCOS(=O)(=O)[O-])C(C)=C1. The van der Waals surface area contributed by atoms with Crippen molar-refractivity contribution in [3.8, 4) is 0 Å². The molecule has 20 heavy (non-hydrogen) atoms. The highest BCUT2D eigenvalue weighted by atomic mass is 32.3. The third-order valence-electron chi connectivity index (χ3n) is 2.59. The van der Waals surface area contributed by atoms with E-state index in [1.807, 2.05) is 0 Å². The van der Waals surface area contributed by atoms with Gasteiger partial charge in [-0.1, -0.05) is 0 Å². The quantitative estimate of drug-likeness (QED) is 0.447. The van der Waals surface area contributed by atoms with Gasteiger partial charge in [0.2, 0.25) is 10.4 Å². The molecule has 1 heterocycles. The highest BCUT2D eigenvalue weighted by molar-refractivity contribution is 7.80. The Labute approximate surface area is 118 Å². The van der Waals surface area contributed by atoms with Gasteiger partial charge < -0.3 is 9.45 Å². The van der Waals surface area contributed by atoms with Gasteiger partial charge in [0.25, 0.3) is 0 Å². The van der Waals surface area contributed by atoms with Gasteiger partial charge >= 0.3 is 5.82 Å². The largest absolute Gasteiger partial charge is 0.726 e. The van der Waals surface area contributed by atoms with Crippen molar-refractivity contribution < 1.29 is 17.2 Å². The monoisotopic (exact) mass is 294 g/mol. The predicted octanol–water partition coefficient (Wildman–Crippen LogP) is 1.64. The van der Waals surface area contributed by atoms with E-state index in [1.165, 1.54) is 0 Å². The van der Waals surface area contributed by atoms with Crippen molar-refractivity contribution in [1.29, 1.82) is 0 Å². The molecule has 0 aromatic rings. The van der Waals surface area contributed by atoms with Crippen molar-refractivity contribution in [2.45, 2.75) is 13.8 Å². The van der Waals surface area contributed by atoms with E-state index in [4.69, 9.17) is 13.1 Å². The minimum Gasteiger partial charge on any atom is -0.726 e. The first-order chi connectivity index (χ1) is 9.28. The van der Waals surface area contributed by atoms with Gasteiger partial charge in [-0.2, -0.15) is 9.69 Å². The Kier molecular flexibility index (Phi) is 5.06. The topological polar surface area (TPSA) is 78.4 Å². The Morgan fingerprint density at radius 3 is 2.20 bits per heavy atom. The van der Waals surface area contributed by atoms with E-state index in [2.05, 4.69) is 13.9 Å². The Bertz CT molecular complexity index is 636. The summed E-state index contributed by atoms with van der Waals surface area (Å²) >= 11 is 0. The van der Waals surface area contributed by atoms with Gasteiger partial charge in [0.05, 0.1) is 12.2 Å². The van der Waals surface area contributed by atoms with Crippen molar-refractivity contribution in [3.05, 3.63) is 57.8 Å². The molecule has 7 nitrogen and oxygen atoms in total. The molecule has 0 N–H and O–H groups in total. The fourth-order valence-electron chi connectivity index (χ4n) is 1.79. The molecule has 0 amide bonds. The molecule has 0 bridgehead atoms. The Morgan fingerprint density at radius 1 is 1.30 bits per heavy atom. The lowest BCUT2D eigenvalue weighted by atomic mass is 10.1. The standard InChI is InChI=1S/C12H13N3O4S/c1-9-7-11(12(13-3)14-4)8-10(2)15(9)5-6-19-20(16,17)18/h7-8H,5-6H2,1-2H3,(H,16,17,18)/p-1. The van der Waals surface area contributed by atoms with Crippen molar-refractivity contribution in [1.82, 2.24) is 4.90 Å². The Balaban J connectivity index is 2.89. The van der Waals surface area contributed by atoms with Crippen LogP contribution in [0.5, 0.6) is 0 Å². The smallest absolute Gasteiger partial charge is 0.526 e. The third-order valence-corrected chi connectivity index (χ3v) is 3.05. The molecule has 0 aliphatic carbocycles. The van der Waals surface area contributed by atoms with Crippen LogP contribution >= 0.6 is 0 Å². The molecule has 0 aromatic heterocycles. The molecule has 1 rings (SSSR count). The van der Waals surface area contributed by atoms with Crippen molar-refractivity contribution in [3.63, 3.8) is 0 Å².